The number of hydrogen-bond donors (Lipinski definition) is 1. The summed E-state index contributed by atoms with van der Waals surface area (Å²) in [5.41, 5.74) is 1.23. The van der Waals surface area contributed by atoms with Crippen molar-refractivity contribution in [2.24, 2.45) is 11.8 Å². The van der Waals surface area contributed by atoms with Crippen molar-refractivity contribution in [1.82, 2.24) is 4.31 Å². The average Bonchev–Trinajstić information content (AvgIpc) is 2.75. The molecule has 31 heavy (non-hydrogen) atoms. The number of halogens is 1. The maximum Gasteiger partial charge on any atom is 0.243 e. The van der Waals surface area contributed by atoms with Crippen LogP contribution in [-0.2, 0) is 16.4 Å². The summed E-state index contributed by atoms with van der Waals surface area (Å²) in [6, 6.07) is 16.1. The van der Waals surface area contributed by atoms with Crippen molar-refractivity contribution >= 4 is 21.6 Å². The highest BCUT2D eigenvalue weighted by atomic mass is 35.5. The Morgan fingerprint density at radius 1 is 1.03 bits per heavy atom. The third kappa shape index (κ3) is 6.10. The van der Waals surface area contributed by atoms with Gasteiger partial charge in [0, 0.05) is 17.1 Å². The SMILES string of the molecule is CC(C)C[C@H](CO)N(C1CCCCC1Cc1ccccc1)S(=O)(=O)c1ccc(Cl)cc1. The van der Waals surface area contributed by atoms with Crippen molar-refractivity contribution in [3.8, 4) is 0 Å². The number of aliphatic hydroxyl groups is 1. The van der Waals surface area contributed by atoms with Crippen LogP contribution in [0.5, 0.6) is 0 Å². The van der Waals surface area contributed by atoms with Crippen LogP contribution in [0.2, 0.25) is 5.02 Å². The molecule has 1 aliphatic rings. The minimum absolute atomic E-state index is 0.134. The van der Waals surface area contributed by atoms with Gasteiger partial charge in [-0.3, -0.25) is 0 Å². The smallest absolute Gasteiger partial charge is 0.243 e. The van der Waals surface area contributed by atoms with E-state index in [9.17, 15) is 13.5 Å². The van der Waals surface area contributed by atoms with Crippen molar-refractivity contribution in [2.75, 3.05) is 6.61 Å². The number of benzene rings is 2. The van der Waals surface area contributed by atoms with Crippen LogP contribution in [0.1, 0.15) is 51.5 Å². The van der Waals surface area contributed by atoms with E-state index in [4.69, 9.17) is 11.6 Å². The molecule has 2 unspecified atom stereocenters. The standard InChI is InChI=1S/C25H34ClNO3S/c1-19(2)16-23(18-28)27(31(29,30)24-14-12-22(26)13-15-24)25-11-7-6-10-21(25)17-20-8-4-3-5-9-20/h3-5,8-9,12-15,19,21,23,25,28H,6-7,10-11,16-18H2,1-2H3/t21?,23-,25?/m1/s1. The second kappa shape index (κ2) is 11.0. The maximum absolute atomic E-state index is 13.9. The normalized spacial score (nSPS) is 20.8. The molecule has 0 aliphatic heterocycles. The van der Waals surface area contributed by atoms with E-state index in [-0.39, 0.29) is 29.4 Å². The summed E-state index contributed by atoms with van der Waals surface area (Å²) >= 11 is 6.01. The number of nitrogens with zero attached hydrogens (tertiary/aromatic N) is 1. The number of hydrogen-bond acceptors (Lipinski definition) is 3. The third-order valence-corrected chi connectivity index (χ3v) is 8.48. The Kier molecular flexibility index (Phi) is 8.57. The molecule has 4 nitrogen and oxygen atoms in total. The first-order valence-electron chi connectivity index (χ1n) is 11.3. The summed E-state index contributed by atoms with van der Waals surface area (Å²) in [5, 5.41) is 10.8. The quantitative estimate of drug-likeness (QED) is 0.531. The molecule has 0 radical (unpaired) electrons. The largest absolute Gasteiger partial charge is 0.395 e. The van der Waals surface area contributed by atoms with E-state index >= 15 is 0 Å². The molecule has 3 rings (SSSR count). The zero-order valence-electron chi connectivity index (χ0n) is 18.5. The molecule has 0 saturated heterocycles. The zero-order valence-corrected chi connectivity index (χ0v) is 20.0. The van der Waals surface area contributed by atoms with Gasteiger partial charge in [-0.15, -0.1) is 0 Å². The molecule has 1 aliphatic carbocycles. The fourth-order valence-electron chi connectivity index (χ4n) is 4.85. The number of aliphatic hydroxyl groups excluding tert-OH is 1. The molecular weight excluding hydrogens is 430 g/mol. The summed E-state index contributed by atoms with van der Waals surface area (Å²) in [4.78, 5) is 0.239. The molecule has 0 aromatic heterocycles. The average molecular weight is 464 g/mol. The van der Waals surface area contributed by atoms with Gasteiger partial charge in [-0.25, -0.2) is 8.42 Å². The van der Waals surface area contributed by atoms with Crippen molar-refractivity contribution in [2.45, 2.75) is 69.4 Å². The van der Waals surface area contributed by atoms with Gasteiger partial charge in [0.1, 0.15) is 0 Å². The summed E-state index contributed by atoms with van der Waals surface area (Å²) in [7, 11) is -3.78. The summed E-state index contributed by atoms with van der Waals surface area (Å²) in [6.45, 7) is 3.95. The highest BCUT2D eigenvalue weighted by Crippen LogP contribution is 2.36. The molecule has 3 atom stereocenters. The zero-order chi connectivity index (χ0) is 22.4. The molecule has 1 N–H and O–H groups in total. The van der Waals surface area contributed by atoms with Crippen LogP contribution < -0.4 is 0 Å². The molecule has 0 heterocycles. The third-order valence-electron chi connectivity index (χ3n) is 6.24. The number of rotatable bonds is 9. The molecule has 0 bridgehead atoms. The molecule has 0 amide bonds. The summed E-state index contributed by atoms with van der Waals surface area (Å²) < 4.78 is 29.4. The minimum atomic E-state index is -3.78. The lowest BCUT2D eigenvalue weighted by Crippen LogP contribution is -2.53. The molecule has 0 spiro atoms. The molecule has 170 valence electrons. The van der Waals surface area contributed by atoms with Crippen LogP contribution in [0.3, 0.4) is 0 Å². The van der Waals surface area contributed by atoms with Gasteiger partial charge in [-0.1, -0.05) is 68.6 Å². The topological polar surface area (TPSA) is 57.6 Å². The van der Waals surface area contributed by atoms with Crippen LogP contribution in [0.4, 0.5) is 0 Å². The number of sulfonamides is 1. The maximum atomic E-state index is 13.9. The summed E-state index contributed by atoms with van der Waals surface area (Å²) in [6.07, 6.45) is 5.39. The lowest BCUT2D eigenvalue weighted by atomic mass is 9.80. The van der Waals surface area contributed by atoms with Crippen LogP contribution in [0.25, 0.3) is 0 Å². The van der Waals surface area contributed by atoms with Crippen molar-refractivity contribution in [3.05, 3.63) is 65.2 Å². The highest BCUT2D eigenvalue weighted by Gasteiger charge is 2.41. The fourth-order valence-corrected chi connectivity index (χ4v) is 6.88. The second-order valence-corrected chi connectivity index (χ2v) is 11.3. The predicted octanol–water partition coefficient (Wildman–Crippen LogP) is 5.54. The molecule has 2 aromatic carbocycles. The van der Waals surface area contributed by atoms with Crippen molar-refractivity contribution in [1.29, 1.82) is 0 Å². The Labute approximate surface area is 192 Å². The van der Waals surface area contributed by atoms with E-state index in [1.807, 2.05) is 18.2 Å². The Bertz CT molecular complexity index is 916. The first-order chi connectivity index (χ1) is 14.8. The van der Waals surface area contributed by atoms with Gasteiger partial charge in [-0.2, -0.15) is 4.31 Å². The van der Waals surface area contributed by atoms with E-state index in [0.29, 0.717) is 11.4 Å². The van der Waals surface area contributed by atoms with Gasteiger partial charge in [0.05, 0.1) is 11.5 Å². The van der Waals surface area contributed by atoms with Gasteiger partial charge < -0.3 is 5.11 Å². The van der Waals surface area contributed by atoms with Crippen LogP contribution >= 0.6 is 11.6 Å². The Morgan fingerprint density at radius 2 is 1.68 bits per heavy atom. The van der Waals surface area contributed by atoms with E-state index < -0.39 is 16.1 Å². The summed E-state index contributed by atoms with van der Waals surface area (Å²) in [5.74, 6) is 0.496. The Balaban J connectivity index is 2.01. The van der Waals surface area contributed by atoms with Gasteiger partial charge in [0.25, 0.3) is 0 Å². The van der Waals surface area contributed by atoms with Crippen LogP contribution in [0, 0.1) is 11.8 Å². The first-order valence-corrected chi connectivity index (χ1v) is 13.1. The highest BCUT2D eigenvalue weighted by molar-refractivity contribution is 7.89. The first kappa shape index (κ1) is 24.2. The molecule has 1 saturated carbocycles. The molecular formula is C25H34ClNO3S. The minimum Gasteiger partial charge on any atom is -0.395 e. The van der Waals surface area contributed by atoms with E-state index in [2.05, 4.69) is 26.0 Å². The van der Waals surface area contributed by atoms with Gasteiger partial charge in [0.15, 0.2) is 0 Å². The fraction of sp³-hybridized carbons (Fsp3) is 0.520. The monoisotopic (exact) mass is 463 g/mol. The predicted molar refractivity (Wildman–Crippen MR) is 127 cm³/mol. The van der Waals surface area contributed by atoms with E-state index in [1.54, 1.807) is 28.6 Å². The van der Waals surface area contributed by atoms with Crippen LogP contribution in [0.15, 0.2) is 59.5 Å². The van der Waals surface area contributed by atoms with Crippen molar-refractivity contribution < 1.29 is 13.5 Å². The Morgan fingerprint density at radius 3 is 2.29 bits per heavy atom. The van der Waals surface area contributed by atoms with Gasteiger partial charge in [0.2, 0.25) is 10.0 Å². The van der Waals surface area contributed by atoms with E-state index in [0.717, 1.165) is 32.1 Å². The second-order valence-electron chi connectivity index (χ2n) is 9.06. The van der Waals surface area contributed by atoms with Crippen LogP contribution in [-0.4, -0.2) is 36.5 Å². The van der Waals surface area contributed by atoms with Gasteiger partial charge >= 0.3 is 0 Å². The lowest BCUT2D eigenvalue weighted by molar-refractivity contribution is 0.0926. The lowest BCUT2D eigenvalue weighted by Gasteiger charge is -2.43. The molecule has 6 heteroatoms. The Hall–Kier alpha value is -1.40. The van der Waals surface area contributed by atoms with Crippen molar-refractivity contribution in [3.63, 3.8) is 0 Å². The molecule has 1 fully saturated rings. The van der Waals surface area contributed by atoms with E-state index in [1.165, 1.54) is 5.56 Å². The van der Waals surface area contributed by atoms with Gasteiger partial charge in [-0.05, 0) is 67.3 Å². The molecule has 2 aromatic rings.